The Hall–Kier alpha value is -5.74. The van der Waals surface area contributed by atoms with E-state index >= 15 is 0 Å². The first-order valence-corrected chi connectivity index (χ1v) is 23.6. The third-order valence-electron chi connectivity index (χ3n) is 14.7. The van der Waals surface area contributed by atoms with Gasteiger partial charge in [-0.05, 0) is 140 Å². The van der Waals surface area contributed by atoms with Crippen LogP contribution < -0.4 is 26.2 Å². The lowest BCUT2D eigenvalue weighted by atomic mass is 9.33. The summed E-state index contributed by atoms with van der Waals surface area (Å²) < 4.78 is 2.63. The van der Waals surface area contributed by atoms with Gasteiger partial charge in [0.2, 0.25) is 0 Å². The molecule has 4 heteroatoms. The predicted octanol–water partition coefficient (Wildman–Crippen LogP) is 14.7. The number of hydrogen-bond donors (Lipinski definition) is 0. The second kappa shape index (κ2) is 13.0. The van der Waals surface area contributed by atoms with Gasteiger partial charge in [-0.2, -0.15) is 0 Å². The lowest BCUT2D eigenvalue weighted by Gasteiger charge is -2.49. The zero-order chi connectivity index (χ0) is 45.4. The first-order valence-electron chi connectivity index (χ1n) is 23.6. The zero-order valence-electron chi connectivity index (χ0n) is 40.9. The highest BCUT2D eigenvalue weighted by Gasteiger charge is 2.48. The molecule has 0 spiro atoms. The number of fused-ring (bicyclic) bond motifs is 13. The molecule has 2 aliphatic rings. The largest absolute Gasteiger partial charge is 0.336 e. The molecular formula is C60H64BN3. The molecule has 0 fully saturated rings. The molecule has 2 aromatic heterocycles. The van der Waals surface area contributed by atoms with E-state index in [0.717, 1.165) is 0 Å². The summed E-state index contributed by atoms with van der Waals surface area (Å²) in [5, 5.41) is 7.90. The van der Waals surface area contributed by atoms with Crippen LogP contribution in [0.25, 0.3) is 48.9 Å². The normalized spacial score (nSPS) is 14.7. The van der Waals surface area contributed by atoms with Crippen LogP contribution in [0.5, 0.6) is 0 Å². The van der Waals surface area contributed by atoms with E-state index in [9.17, 15) is 0 Å². The monoisotopic (exact) mass is 838 g/mol. The molecule has 0 atom stereocenters. The van der Waals surface area contributed by atoms with Gasteiger partial charge < -0.3 is 14.2 Å². The highest BCUT2D eigenvalue weighted by molar-refractivity contribution is 7.01. The van der Waals surface area contributed by atoms with Crippen molar-refractivity contribution in [3.63, 3.8) is 0 Å². The third-order valence-corrected chi connectivity index (χ3v) is 14.7. The second-order valence-electron chi connectivity index (χ2n) is 24.4. The number of nitrogens with zero attached hydrogens (tertiary/aromatic N) is 3. The van der Waals surface area contributed by atoms with Gasteiger partial charge in [0, 0.05) is 49.8 Å². The summed E-state index contributed by atoms with van der Waals surface area (Å²) in [4.78, 5) is 5.42. The molecule has 9 aromatic rings. The minimum absolute atomic E-state index is 0.00898. The van der Waals surface area contributed by atoms with Crippen molar-refractivity contribution in [2.75, 3.05) is 9.80 Å². The Morgan fingerprint density at radius 1 is 0.422 bits per heavy atom. The molecule has 0 aliphatic carbocycles. The number of aromatic nitrogens is 1. The van der Waals surface area contributed by atoms with Crippen LogP contribution in [0.15, 0.2) is 115 Å². The smallest absolute Gasteiger partial charge is 0.252 e. The lowest BCUT2D eigenvalue weighted by Crippen LogP contribution is -2.63. The van der Waals surface area contributed by atoms with Crippen LogP contribution in [0.4, 0.5) is 28.4 Å². The highest BCUT2D eigenvalue weighted by atomic mass is 15.2. The Bertz CT molecular complexity index is 3400. The minimum Gasteiger partial charge on any atom is -0.336 e. The minimum atomic E-state index is -0.260. The van der Waals surface area contributed by atoms with Crippen molar-refractivity contribution >= 4 is 100 Å². The third kappa shape index (κ3) is 5.79. The average molecular weight is 838 g/mol. The SMILES string of the molecule is CC(C)(C)c1ccc(N2c3cc4ccccc4cc3B3c4cc(C(C)(C)C)ccc4N(C(C)(C)C)c4c3c2c2c3cc(C(C)(C)C)ccc3n3c5ccc(C(C)(C)C)cc5c4c23)cc1. The first-order chi connectivity index (χ1) is 29.9. The van der Waals surface area contributed by atoms with Crippen LogP contribution in [0.2, 0.25) is 0 Å². The summed E-state index contributed by atoms with van der Waals surface area (Å²) in [7, 11) is 0. The van der Waals surface area contributed by atoms with Gasteiger partial charge in [-0.15, -0.1) is 0 Å². The van der Waals surface area contributed by atoms with E-state index in [2.05, 4.69) is 233 Å². The van der Waals surface area contributed by atoms with Gasteiger partial charge in [-0.25, -0.2) is 0 Å². The Morgan fingerprint density at radius 2 is 0.891 bits per heavy atom. The van der Waals surface area contributed by atoms with Crippen LogP contribution in [-0.2, 0) is 21.7 Å². The summed E-state index contributed by atoms with van der Waals surface area (Å²) in [5.74, 6) is 0. The molecule has 3 nitrogen and oxygen atoms in total. The van der Waals surface area contributed by atoms with Crippen molar-refractivity contribution in [1.29, 1.82) is 0 Å². The van der Waals surface area contributed by atoms with Gasteiger partial charge in [-0.3, -0.25) is 0 Å². The molecular weight excluding hydrogens is 773 g/mol. The number of hydrogen-bond acceptors (Lipinski definition) is 2. The Balaban J connectivity index is 1.44. The van der Waals surface area contributed by atoms with Gasteiger partial charge in [-0.1, -0.05) is 150 Å². The fourth-order valence-electron chi connectivity index (χ4n) is 11.3. The number of rotatable bonds is 1. The first kappa shape index (κ1) is 41.0. The standard InChI is InChI=1S/C60H64BN3/c1-56(2,3)37-20-25-41(26-21-37)62-49-31-36-19-17-16-18-35(36)30-44(49)61-45-34-40(59(10,11)12)24-29-48(45)64(60(13,14)15)55-51-43-33-39(58(7,8)9)23-28-47(43)63-46-27-22-38(57(4,5)6)32-42(46)50(53(51)63)54(62)52(55)61/h16-34H,1-15H3. The maximum atomic E-state index is 2.74. The van der Waals surface area contributed by atoms with Gasteiger partial charge in [0.1, 0.15) is 0 Å². The van der Waals surface area contributed by atoms with Gasteiger partial charge in [0.05, 0.1) is 22.2 Å². The van der Waals surface area contributed by atoms with E-state index < -0.39 is 0 Å². The Kier molecular flexibility index (Phi) is 8.30. The fraction of sp³-hybridized carbons (Fsp3) is 0.333. The molecule has 0 N–H and O–H groups in total. The quantitative estimate of drug-likeness (QED) is 0.153. The fourth-order valence-corrected chi connectivity index (χ4v) is 11.3. The topological polar surface area (TPSA) is 10.9 Å². The average Bonchev–Trinajstić information content (AvgIpc) is 3.73. The van der Waals surface area contributed by atoms with Crippen molar-refractivity contribution in [3.05, 3.63) is 138 Å². The van der Waals surface area contributed by atoms with Crippen LogP contribution >= 0.6 is 0 Å². The summed E-state index contributed by atoms with van der Waals surface area (Å²) >= 11 is 0. The van der Waals surface area contributed by atoms with E-state index in [-0.39, 0.29) is 33.9 Å². The van der Waals surface area contributed by atoms with Crippen molar-refractivity contribution in [2.45, 2.75) is 131 Å². The molecule has 0 amide bonds. The summed E-state index contributed by atoms with van der Waals surface area (Å²) in [5.41, 5.74) is 19.5. The lowest BCUT2D eigenvalue weighted by molar-refractivity contribution is 0.561. The Labute approximate surface area is 381 Å². The summed E-state index contributed by atoms with van der Waals surface area (Å²) in [6.45, 7) is 35.4. The molecule has 11 rings (SSSR count). The molecule has 322 valence electrons. The van der Waals surface area contributed by atoms with Crippen LogP contribution in [0.1, 0.15) is 126 Å². The molecule has 0 saturated carbocycles. The second-order valence-corrected chi connectivity index (χ2v) is 24.4. The Morgan fingerprint density at radius 3 is 1.42 bits per heavy atom. The highest BCUT2D eigenvalue weighted by Crippen LogP contribution is 2.55. The van der Waals surface area contributed by atoms with Gasteiger partial charge in [0.15, 0.2) is 0 Å². The molecule has 7 aromatic carbocycles. The molecule has 0 unspecified atom stereocenters. The van der Waals surface area contributed by atoms with Gasteiger partial charge >= 0.3 is 0 Å². The van der Waals surface area contributed by atoms with E-state index in [1.54, 1.807) is 0 Å². The van der Waals surface area contributed by atoms with E-state index in [4.69, 9.17) is 0 Å². The summed E-state index contributed by atoms with van der Waals surface area (Å²) in [6.07, 6.45) is 0. The number of anilines is 5. The maximum absolute atomic E-state index is 2.74. The maximum Gasteiger partial charge on any atom is 0.252 e. The van der Waals surface area contributed by atoms with Crippen molar-refractivity contribution in [2.24, 2.45) is 0 Å². The van der Waals surface area contributed by atoms with E-state index in [1.807, 2.05) is 0 Å². The number of benzene rings is 7. The molecule has 0 saturated heterocycles. The van der Waals surface area contributed by atoms with Gasteiger partial charge in [0.25, 0.3) is 6.71 Å². The van der Waals surface area contributed by atoms with E-state index in [0.29, 0.717) is 0 Å². The van der Waals surface area contributed by atoms with Crippen molar-refractivity contribution in [1.82, 2.24) is 4.40 Å². The van der Waals surface area contributed by atoms with Crippen molar-refractivity contribution < 1.29 is 0 Å². The molecule has 64 heavy (non-hydrogen) atoms. The van der Waals surface area contributed by atoms with Crippen molar-refractivity contribution in [3.8, 4) is 0 Å². The van der Waals surface area contributed by atoms with E-state index in [1.165, 1.54) is 116 Å². The predicted molar refractivity (Wildman–Crippen MR) is 281 cm³/mol. The van der Waals surface area contributed by atoms with Crippen LogP contribution in [0.3, 0.4) is 0 Å². The zero-order valence-corrected chi connectivity index (χ0v) is 40.9. The molecule has 4 heterocycles. The van der Waals surface area contributed by atoms with Crippen LogP contribution in [0, 0.1) is 0 Å². The molecule has 0 radical (unpaired) electrons. The van der Waals surface area contributed by atoms with Crippen LogP contribution in [-0.4, -0.2) is 16.7 Å². The molecule has 2 aliphatic heterocycles. The summed E-state index contributed by atoms with van der Waals surface area (Å²) in [6, 6.07) is 45.7. The molecule has 0 bridgehead atoms.